The maximum atomic E-state index is 13.0. The van der Waals surface area contributed by atoms with Crippen molar-refractivity contribution >= 4 is 45.9 Å². The van der Waals surface area contributed by atoms with E-state index in [1.54, 1.807) is 31.2 Å². The van der Waals surface area contributed by atoms with Gasteiger partial charge in [-0.2, -0.15) is 5.26 Å². The molecule has 1 aliphatic heterocycles. The molecule has 0 radical (unpaired) electrons. The highest BCUT2D eigenvalue weighted by molar-refractivity contribution is 7.17. The molecule has 2 aromatic carbocycles. The number of benzene rings is 2. The number of nitrogens with zero attached hydrogens (tertiary/aromatic N) is 1. The minimum atomic E-state index is -0.569. The lowest BCUT2D eigenvalue weighted by molar-refractivity contribution is -0.929. The second kappa shape index (κ2) is 11.3. The molecule has 8 heteroatoms. The number of nitriles is 1. The highest BCUT2D eigenvalue weighted by Crippen LogP contribution is 2.35. The van der Waals surface area contributed by atoms with Crippen LogP contribution in [0.5, 0.6) is 0 Å². The number of anilines is 1. The number of nitrogens with one attached hydrogen (secondary N) is 2. The molecule has 2 N–H and O–H groups in total. The summed E-state index contributed by atoms with van der Waals surface area (Å²) >= 11 is 7.31. The van der Waals surface area contributed by atoms with E-state index in [4.69, 9.17) is 16.3 Å². The van der Waals surface area contributed by atoms with Crippen LogP contribution < -0.4 is 10.2 Å². The third kappa shape index (κ3) is 5.98. The van der Waals surface area contributed by atoms with Gasteiger partial charge in [-0.15, -0.1) is 11.3 Å². The summed E-state index contributed by atoms with van der Waals surface area (Å²) in [5.41, 5.74) is 3.21. The van der Waals surface area contributed by atoms with Crippen molar-refractivity contribution in [3.63, 3.8) is 0 Å². The Morgan fingerprint density at radius 3 is 2.63 bits per heavy atom. The fourth-order valence-corrected chi connectivity index (χ4v) is 5.55. The molecule has 6 nitrogen and oxygen atoms in total. The smallest absolute Gasteiger partial charge is 0.341 e. The van der Waals surface area contributed by atoms with Crippen LogP contribution in [0.4, 0.5) is 5.00 Å². The van der Waals surface area contributed by atoms with Gasteiger partial charge in [0.05, 0.1) is 23.6 Å². The van der Waals surface area contributed by atoms with Crippen molar-refractivity contribution in [2.45, 2.75) is 26.4 Å². The molecule has 1 atom stereocenters. The molecule has 178 valence electrons. The second-order valence-electron chi connectivity index (χ2n) is 8.19. The normalized spacial score (nSPS) is 15.1. The molecule has 0 fully saturated rings. The predicted molar refractivity (Wildman–Crippen MR) is 137 cm³/mol. The molecule has 2 heterocycles. The van der Waals surface area contributed by atoms with Gasteiger partial charge in [0.1, 0.15) is 29.7 Å². The molecule has 35 heavy (non-hydrogen) atoms. The number of quaternary nitrogens is 1. The Bertz CT molecular complexity index is 1290. The lowest BCUT2D eigenvalue weighted by Crippen LogP contribution is -3.10. The first kappa shape index (κ1) is 24.7. The molecule has 0 saturated heterocycles. The van der Waals surface area contributed by atoms with Crippen molar-refractivity contribution in [3.8, 4) is 6.07 Å². The van der Waals surface area contributed by atoms with Crippen molar-refractivity contribution in [1.82, 2.24) is 0 Å². The summed E-state index contributed by atoms with van der Waals surface area (Å²) in [7, 11) is 0. The van der Waals surface area contributed by atoms with Gasteiger partial charge in [0.2, 0.25) is 0 Å². The van der Waals surface area contributed by atoms with Gasteiger partial charge in [-0.25, -0.2) is 4.79 Å². The lowest BCUT2D eigenvalue weighted by Gasteiger charge is -2.24. The number of ether oxygens (including phenoxy) is 1. The first-order valence-electron chi connectivity index (χ1n) is 11.4. The van der Waals surface area contributed by atoms with E-state index in [0.29, 0.717) is 27.6 Å². The molecule has 3 aromatic rings. The van der Waals surface area contributed by atoms with E-state index in [2.05, 4.69) is 17.4 Å². The lowest BCUT2D eigenvalue weighted by atomic mass is 10.0. The van der Waals surface area contributed by atoms with E-state index in [0.717, 1.165) is 30.1 Å². The zero-order chi connectivity index (χ0) is 24.8. The first-order valence-corrected chi connectivity index (χ1v) is 12.6. The predicted octanol–water partition coefficient (Wildman–Crippen LogP) is 4.27. The summed E-state index contributed by atoms with van der Waals surface area (Å²) in [6.45, 7) is 4.50. The third-order valence-electron chi connectivity index (χ3n) is 5.78. The molecule has 0 spiro atoms. The molecule has 1 aromatic heterocycles. The largest absolute Gasteiger partial charge is 0.462 e. The summed E-state index contributed by atoms with van der Waals surface area (Å²) in [5.74, 6) is -1.02. The SMILES string of the molecule is CCOC(=O)c1c(NC(=O)/C(C#N)=C/c2ccc(Cl)cc2)sc2c1CC[NH+](Cc1ccccc1)C2. The van der Waals surface area contributed by atoms with Gasteiger partial charge in [0, 0.05) is 17.0 Å². The number of amides is 1. The minimum Gasteiger partial charge on any atom is -0.462 e. The average molecular weight is 507 g/mol. The molecule has 0 saturated carbocycles. The summed E-state index contributed by atoms with van der Waals surface area (Å²) in [6, 6.07) is 19.1. The van der Waals surface area contributed by atoms with E-state index in [1.807, 2.05) is 24.3 Å². The number of hydrogen-bond donors (Lipinski definition) is 2. The highest BCUT2D eigenvalue weighted by atomic mass is 35.5. The van der Waals surface area contributed by atoms with Crippen LogP contribution in [-0.2, 0) is 29.0 Å². The molecular weight excluding hydrogens is 482 g/mol. The number of carbonyl (C=O) groups excluding carboxylic acids is 2. The average Bonchev–Trinajstić information content (AvgIpc) is 3.21. The standard InChI is InChI=1S/C27H24ClN3O3S/c1-2-34-27(33)24-22-12-13-31(16-19-6-4-3-5-7-19)17-23(22)35-26(24)30-25(32)20(15-29)14-18-8-10-21(28)11-9-18/h3-11,14H,2,12-13,16-17H2,1H3,(H,30,32)/p+1/b20-14+. The summed E-state index contributed by atoms with van der Waals surface area (Å²) in [6.07, 6.45) is 2.21. The highest BCUT2D eigenvalue weighted by Gasteiger charge is 2.31. The zero-order valence-corrected chi connectivity index (χ0v) is 20.8. The summed E-state index contributed by atoms with van der Waals surface area (Å²) in [4.78, 5) is 28.3. The van der Waals surface area contributed by atoms with Gasteiger partial charge >= 0.3 is 5.97 Å². The van der Waals surface area contributed by atoms with Crippen LogP contribution in [-0.4, -0.2) is 25.0 Å². The maximum absolute atomic E-state index is 13.0. The Morgan fingerprint density at radius 1 is 1.20 bits per heavy atom. The van der Waals surface area contributed by atoms with Gasteiger partial charge in [0.15, 0.2) is 0 Å². The molecule has 1 unspecified atom stereocenters. The van der Waals surface area contributed by atoms with Crippen LogP contribution in [0.25, 0.3) is 6.08 Å². The van der Waals surface area contributed by atoms with Crippen molar-refractivity contribution in [2.75, 3.05) is 18.5 Å². The number of halogens is 1. The van der Waals surface area contributed by atoms with E-state index in [1.165, 1.54) is 27.9 Å². The van der Waals surface area contributed by atoms with E-state index in [-0.39, 0.29) is 12.2 Å². The van der Waals surface area contributed by atoms with E-state index in [9.17, 15) is 14.9 Å². The first-order chi connectivity index (χ1) is 17.0. The Labute approximate surface area is 213 Å². The summed E-state index contributed by atoms with van der Waals surface area (Å²) < 4.78 is 5.31. The van der Waals surface area contributed by atoms with Crippen LogP contribution in [0.15, 0.2) is 60.2 Å². The summed E-state index contributed by atoms with van der Waals surface area (Å²) in [5, 5.41) is 13.4. The number of carbonyl (C=O) groups is 2. The number of fused-ring (bicyclic) bond motifs is 1. The van der Waals surface area contributed by atoms with Crippen LogP contribution >= 0.6 is 22.9 Å². The minimum absolute atomic E-state index is 0.0650. The van der Waals surface area contributed by atoms with Crippen LogP contribution in [0.3, 0.4) is 0 Å². The van der Waals surface area contributed by atoms with Crippen molar-refractivity contribution in [2.24, 2.45) is 0 Å². The molecule has 1 amide bonds. The zero-order valence-electron chi connectivity index (χ0n) is 19.3. The van der Waals surface area contributed by atoms with Gasteiger partial charge in [0.25, 0.3) is 5.91 Å². The monoisotopic (exact) mass is 506 g/mol. The van der Waals surface area contributed by atoms with E-state index < -0.39 is 11.9 Å². The van der Waals surface area contributed by atoms with Crippen molar-refractivity contribution < 1.29 is 19.2 Å². The second-order valence-corrected chi connectivity index (χ2v) is 9.73. The molecule has 1 aliphatic rings. The molecule has 0 bridgehead atoms. The molecule has 4 rings (SSSR count). The number of rotatable bonds is 7. The Kier molecular flexibility index (Phi) is 7.98. The number of hydrogen-bond acceptors (Lipinski definition) is 5. The van der Waals surface area contributed by atoms with Crippen LogP contribution in [0.2, 0.25) is 5.02 Å². The number of esters is 1. The third-order valence-corrected chi connectivity index (χ3v) is 7.18. The Morgan fingerprint density at radius 2 is 1.94 bits per heavy atom. The quantitative estimate of drug-likeness (QED) is 0.285. The van der Waals surface area contributed by atoms with Gasteiger partial charge in [-0.05, 0) is 36.3 Å². The molecular formula is C27H25ClN3O3S+. The number of thiophene rings is 1. The van der Waals surface area contributed by atoms with Crippen LogP contribution in [0.1, 0.15) is 38.8 Å². The fourth-order valence-electron chi connectivity index (χ4n) is 4.12. The Balaban J connectivity index is 1.59. The Hall–Kier alpha value is -3.44. The topological polar surface area (TPSA) is 83.6 Å². The van der Waals surface area contributed by atoms with E-state index >= 15 is 0 Å². The van der Waals surface area contributed by atoms with Crippen molar-refractivity contribution in [1.29, 1.82) is 5.26 Å². The maximum Gasteiger partial charge on any atom is 0.341 e. The van der Waals surface area contributed by atoms with Crippen LogP contribution in [0, 0.1) is 11.3 Å². The van der Waals surface area contributed by atoms with Gasteiger partial charge in [-0.3, -0.25) is 4.79 Å². The van der Waals surface area contributed by atoms with Gasteiger partial charge in [-0.1, -0.05) is 54.1 Å². The molecule has 0 aliphatic carbocycles. The van der Waals surface area contributed by atoms with Gasteiger partial charge < -0.3 is 15.0 Å². The van der Waals surface area contributed by atoms with Crippen molar-refractivity contribution in [3.05, 3.63) is 92.3 Å². The fraction of sp³-hybridized carbons (Fsp3) is 0.222.